The van der Waals surface area contributed by atoms with Crippen molar-refractivity contribution in [2.24, 2.45) is 11.8 Å². The summed E-state index contributed by atoms with van der Waals surface area (Å²) in [5.74, 6) is -1.23. The zero-order chi connectivity index (χ0) is 32.2. The van der Waals surface area contributed by atoms with Gasteiger partial charge in [-0.05, 0) is 31.2 Å². The van der Waals surface area contributed by atoms with Crippen LogP contribution in [0, 0.1) is 23.2 Å². The Labute approximate surface area is 259 Å². The molecule has 1 aromatic carbocycles. The summed E-state index contributed by atoms with van der Waals surface area (Å²) in [4.78, 5) is 29.4. The Morgan fingerprint density at radius 3 is 2.62 bits per heavy atom. The third kappa shape index (κ3) is 7.27. The fourth-order valence-electron chi connectivity index (χ4n) is 4.72. The minimum Gasteiger partial charge on any atom is -0.464 e. The number of carbonyl (C=O) groups excluding carboxylic acids is 2. The van der Waals surface area contributed by atoms with Crippen LogP contribution in [-0.2, 0) is 37.6 Å². The fourth-order valence-corrected chi connectivity index (χ4v) is 6.25. The molecule has 5 atom stereocenters. The maximum Gasteiger partial charge on any atom is 0.459 e. The first kappa shape index (κ1) is 32.3. The molecule has 0 saturated carbocycles. The molecule has 16 heteroatoms. The van der Waals surface area contributed by atoms with Crippen LogP contribution in [-0.4, -0.2) is 70.7 Å². The first-order chi connectivity index (χ1) is 21.5. The van der Waals surface area contributed by atoms with E-state index in [4.69, 9.17) is 33.7 Å². The molecular weight excluding hydrogens is 607 g/mol. The van der Waals surface area contributed by atoms with Crippen molar-refractivity contribution >= 4 is 31.0 Å². The Morgan fingerprint density at radius 2 is 1.96 bits per heavy atom. The second-order valence-electron chi connectivity index (χ2n) is 11.2. The van der Waals surface area contributed by atoms with E-state index < -0.39 is 56.1 Å². The molecule has 4 heterocycles. The van der Waals surface area contributed by atoms with Gasteiger partial charge in [-0.25, -0.2) is 14.1 Å². The molecule has 3 N–H and O–H groups in total. The second-order valence-corrected chi connectivity index (χ2v) is 12.9. The number of hydrogen-bond donors (Lipinski definition) is 2. The lowest BCUT2D eigenvalue weighted by Gasteiger charge is -2.30. The van der Waals surface area contributed by atoms with E-state index in [0.29, 0.717) is 24.4 Å². The Hall–Kier alpha value is -4.06. The lowest BCUT2D eigenvalue weighted by molar-refractivity contribution is -0.161. The van der Waals surface area contributed by atoms with Crippen LogP contribution in [0.2, 0.25) is 0 Å². The van der Waals surface area contributed by atoms with Crippen molar-refractivity contribution in [3.05, 3.63) is 54.5 Å². The lowest BCUT2D eigenvalue weighted by Crippen LogP contribution is -2.46. The molecule has 2 aliphatic heterocycles. The van der Waals surface area contributed by atoms with Gasteiger partial charge in [0.25, 0.3) is 0 Å². The number of nitrogen functional groups attached to an aromatic ring is 1. The molecule has 1 unspecified atom stereocenters. The van der Waals surface area contributed by atoms with Gasteiger partial charge < -0.3 is 29.2 Å². The predicted molar refractivity (Wildman–Crippen MR) is 157 cm³/mol. The predicted octanol–water partition coefficient (Wildman–Crippen LogP) is 2.97. The summed E-state index contributed by atoms with van der Waals surface area (Å²) in [5, 5.41) is 17.3. The van der Waals surface area contributed by atoms with Crippen molar-refractivity contribution in [2.75, 3.05) is 32.2 Å². The van der Waals surface area contributed by atoms with E-state index in [0.717, 1.165) is 0 Å². The second kappa shape index (κ2) is 13.5. The van der Waals surface area contributed by atoms with E-state index >= 15 is 0 Å². The van der Waals surface area contributed by atoms with Crippen LogP contribution in [0.25, 0.3) is 5.52 Å². The van der Waals surface area contributed by atoms with Gasteiger partial charge in [0.05, 0.1) is 31.4 Å². The number of aromatic nitrogens is 3. The molecule has 0 aliphatic carbocycles. The molecule has 2 saturated heterocycles. The van der Waals surface area contributed by atoms with Crippen molar-refractivity contribution in [1.29, 1.82) is 5.26 Å². The number of nitrogens with two attached hydrogens (primary N) is 1. The summed E-state index contributed by atoms with van der Waals surface area (Å²) in [5.41, 5.74) is 5.11. The maximum atomic E-state index is 14.2. The number of nitrogens with one attached hydrogen (secondary N) is 1. The number of esters is 2. The first-order valence-corrected chi connectivity index (χ1v) is 16.0. The minimum atomic E-state index is -4.39. The summed E-state index contributed by atoms with van der Waals surface area (Å²) < 4.78 is 49.8. The third-order valence-electron chi connectivity index (χ3n) is 7.35. The molecule has 2 aliphatic rings. The summed E-state index contributed by atoms with van der Waals surface area (Å²) in [7, 11) is -4.39. The van der Waals surface area contributed by atoms with Crippen molar-refractivity contribution < 1.29 is 42.1 Å². The molecule has 3 aromatic rings. The Morgan fingerprint density at radius 1 is 1.20 bits per heavy atom. The van der Waals surface area contributed by atoms with E-state index in [1.54, 1.807) is 56.3 Å². The maximum absolute atomic E-state index is 14.2. The molecule has 45 heavy (non-hydrogen) atoms. The van der Waals surface area contributed by atoms with E-state index in [1.807, 2.05) is 0 Å². The van der Waals surface area contributed by atoms with E-state index in [1.165, 1.54) is 17.8 Å². The van der Waals surface area contributed by atoms with Gasteiger partial charge in [-0.1, -0.05) is 32.0 Å². The molecular formula is C29H35N6O9P. The number of fused-ring (bicyclic) bond motifs is 1. The summed E-state index contributed by atoms with van der Waals surface area (Å²) >= 11 is 0. The quantitative estimate of drug-likeness (QED) is 0.204. The Kier molecular flexibility index (Phi) is 9.71. The Bertz CT molecular complexity index is 1610. The monoisotopic (exact) mass is 642 g/mol. The largest absolute Gasteiger partial charge is 0.464 e. The Balaban J connectivity index is 1.40. The first-order valence-electron chi connectivity index (χ1n) is 14.4. The molecule has 2 fully saturated rings. The van der Waals surface area contributed by atoms with E-state index in [2.05, 4.69) is 21.2 Å². The fraction of sp³-hybridized carbons (Fsp3) is 0.483. The molecule has 0 spiro atoms. The van der Waals surface area contributed by atoms with Crippen molar-refractivity contribution in [3.8, 4) is 11.8 Å². The van der Waals surface area contributed by atoms with Gasteiger partial charge in [0.2, 0.25) is 5.60 Å². The molecule has 0 radical (unpaired) electrons. The van der Waals surface area contributed by atoms with Crippen LogP contribution in [0.1, 0.15) is 39.0 Å². The van der Waals surface area contributed by atoms with Gasteiger partial charge in [-0.15, -0.1) is 0 Å². The smallest absolute Gasteiger partial charge is 0.459 e. The molecule has 0 bridgehead atoms. The third-order valence-corrected chi connectivity index (χ3v) is 8.98. The standard InChI is InChI=1S/C29H35N6O9P/c1-18(2)27(36)42-25-11-24(22-9-10-23-26(31)32-17-33-35(22)23)43-29(25,15-30)16-41-45(38,44-21-7-5-4-6-8-21)34-19(3)28(37)40-14-20-12-39-13-20/h4-10,17-20,24-25H,11-14,16H2,1-3H3,(H,34,38)(H2,31,32,33)/t19-,24+,25-,29+,45?/m0/s1. The van der Waals surface area contributed by atoms with Gasteiger partial charge in [0.15, 0.2) is 5.82 Å². The number of para-hydroxylation sites is 1. The number of hydrogen-bond acceptors (Lipinski definition) is 13. The van der Waals surface area contributed by atoms with Crippen LogP contribution in [0.4, 0.5) is 5.82 Å². The zero-order valence-electron chi connectivity index (χ0n) is 25.0. The van der Waals surface area contributed by atoms with Crippen LogP contribution in [0.5, 0.6) is 5.75 Å². The number of carbonyl (C=O) groups is 2. The van der Waals surface area contributed by atoms with Gasteiger partial charge >= 0.3 is 19.7 Å². The van der Waals surface area contributed by atoms with Crippen LogP contribution < -0.4 is 15.3 Å². The minimum absolute atomic E-state index is 0.0519. The highest BCUT2D eigenvalue weighted by atomic mass is 31.2. The molecule has 5 rings (SSSR count). The zero-order valence-corrected chi connectivity index (χ0v) is 25.9. The molecule has 2 aromatic heterocycles. The number of ether oxygens (including phenoxy) is 4. The summed E-state index contributed by atoms with van der Waals surface area (Å²) in [6.45, 7) is 5.24. The molecule has 15 nitrogen and oxygen atoms in total. The SMILES string of the molecule is CC(C)C(=O)O[C@H]1C[C@H](c2ccc3c(N)ncnn23)O[C@]1(C#N)COP(=O)(N[C@@H](C)C(=O)OCC1COC1)Oc1ccccc1. The molecule has 0 amide bonds. The summed E-state index contributed by atoms with van der Waals surface area (Å²) in [6, 6.07) is 12.6. The normalized spacial score (nSPS) is 23.5. The van der Waals surface area contributed by atoms with Crippen molar-refractivity contribution in [3.63, 3.8) is 0 Å². The van der Waals surface area contributed by atoms with Crippen LogP contribution >= 0.6 is 7.75 Å². The number of benzene rings is 1. The average Bonchev–Trinajstić information content (AvgIpc) is 3.58. The topological polar surface area (TPSA) is 199 Å². The number of nitriles is 1. The van der Waals surface area contributed by atoms with Crippen molar-refractivity contribution in [2.45, 2.75) is 51.0 Å². The van der Waals surface area contributed by atoms with Gasteiger partial charge in [-0.2, -0.15) is 15.4 Å². The van der Waals surface area contributed by atoms with Crippen molar-refractivity contribution in [1.82, 2.24) is 19.7 Å². The van der Waals surface area contributed by atoms with Crippen LogP contribution in [0.15, 0.2) is 48.8 Å². The van der Waals surface area contributed by atoms with Gasteiger partial charge in [0.1, 0.15) is 48.5 Å². The van der Waals surface area contributed by atoms with E-state index in [9.17, 15) is 19.4 Å². The van der Waals surface area contributed by atoms with Crippen LogP contribution in [0.3, 0.4) is 0 Å². The highest BCUT2D eigenvalue weighted by Gasteiger charge is 2.55. The van der Waals surface area contributed by atoms with Gasteiger partial charge in [0, 0.05) is 12.3 Å². The molecule has 240 valence electrons. The van der Waals surface area contributed by atoms with Gasteiger partial charge in [-0.3, -0.25) is 14.1 Å². The average molecular weight is 643 g/mol. The number of nitrogens with zero attached hydrogens (tertiary/aromatic N) is 4. The lowest BCUT2D eigenvalue weighted by atomic mass is 9.98. The highest BCUT2D eigenvalue weighted by Crippen LogP contribution is 2.49. The number of anilines is 1. The van der Waals surface area contributed by atoms with E-state index in [-0.39, 0.29) is 30.5 Å². The highest BCUT2D eigenvalue weighted by molar-refractivity contribution is 7.52. The summed E-state index contributed by atoms with van der Waals surface area (Å²) in [6.07, 6.45) is -0.602. The number of rotatable bonds is 13.